The van der Waals surface area contributed by atoms with Crippen molar-refractivity contribution in [1.82, 2.24) is 9.88 Å². The van der Waals surface area contributed by atoms with Gasteiger partial charge in [-0.2, -0.15) is 0 Å². The Bertz CT molecular complexity index is 832. The summed E-state index contributed by atoms with van der Waals surface area (Å²) in [6, 6.07) is 13.5. The van der Waals surface area contributed by atoms with E-state index in [-0.39, 0.29) is 23.7 Å². The molecule has 28 heavy (non-hydrogen) atoms. The second kappa shape index (κ2) is 7.87. The molecule has 0 bridgehead atoms. The summed E-state index contributed by atoms with van der Waals surface area (Å²) in [5.41, 5.74) is 1.24. The summed E-state index contributed by atoms with van der Waals surface area (Å²) >= 11 is 0. The van der Waals surface area contributed by atoms with E-state index < -0.39 is 0 Å². The van der Waals surface area contributed by atoms with Gasteiger partial charge in [0.05, 0.1) is 0 Å². The molecule has 1 amide bonds. The number of nitrogens with zero attached hydrogens (tertiary/aromatic N) is 3. The number of likely N-dealkylation sites (tertiary alicyclic amines) is 1. The fraction of sp³-hybridized carbons (Fsp3) is 0.455. The molecule has 0 saturated carbocycles. The SMILES string of the molecule is COCC(=O)N1CC2CN(c3ncccc3F)CC2(CCc2ccccc2)C1. The summed E-state index contributed by atoms with van der Waals surface area (Å²) in [4.78, 5) is 20.7. The molecular weight excluding hydrogens is 357 g/mol. The maximum atomic E-state index is 14.3. The maximum Gasteiger partial charge on any atom is 0.248 e. The monoisotopic (exact) mass is 383 g/mol. The van der Waals surface area contributed by atoms with Gasteiger partial charge in [0.15, 0.2) is 11.6 Å². The molecule has 4 rings (SSSR count). The van der Waals surface area contributed by atoms with Gasteiger partial charge in [0.25, 0.3) is 0 Å². The number of pyridine rings is 1. The molecule has 0 N–H and O–H groups in total. The van der Waals surface area contributed by atoms with Crippen LogP contribution in [-0.4, -0.2) is 55.7 Å². The van der Waals surface area contributed by atoms with E-state index in [0.29, 0.717) is 24.8 Å². The molecule has 2 saturated heterocycles. The van der Waals surface area contributed by atoms with Crippen LogP contribution in [0, 0.1) is 17.2 Å². The number of aromatic nitrogens is 1. The van der Waals surface area contributed by atoms with Crippen molar-refractivity contribution in [2.75, 3.05) is 44.8 Å². The van der Waals surface area contributed by atoms with Crippen molar-refractivity contribution in [3.8, 4) is 0 Å². The first kappa shape index (κ1) is 18.9. The van der Waals surface area contributed by atoms with Crippen molar-refractivity contribution < 1.29 is 13.9 Å². The molecular formula is C22H26FN3O2. The largest absolute Gasteiger partial charge is 0.375 e. The molecule has 1 aromatic heterocycles. The summed E-state index contributed by atoms with van der Waals surface area (Å²) in [5, 5.41) is 0. The minimum absolute atomic E-state index is 0.0338. The highest BCUT2D eigenvalue weighted by Crippen LogP contribution is 2.47. The molecule has 2 aliphatic rings. The normalized spacial score (nSPS) is 23.9. The lowest BCUT2D eigenvalue weighted by atomic mass is 9.76. The van der Waals surface area contributed by atoms with Gasteiger partial charge in [0, 0.05) is 50.8 Å². The summed E-state index contributed by atoms with van der Waals surface area (Å²) < 4.78 is 19.4. The molecule has 1 aromatic carbocycles. The van der Waals surface area contributed by atoms with Crippen molar-refractivity contribution in [3.63, 3.8) is 0 Å². The van der Waals surface area contributed by atoms with Crippen LogP contribution in [-0.2, 0) is 16.0 Å². The molecule has 3 heterocycles. The first-order valence-corrected chi connectivity index (χ1v) is 9.77. The fourth-order valence-electron chi connectivity index (χ4n) is 4.75. The zero-order valence-corrected chi connectivity index (χ0v) is 16.2. The van der Waals surface area contributed by atoms with E-state index in [0.717, 1.165) is 25.9 Å². The zero-order valence-electron chi connectivity index (χ0n) is 16.2. The van der Waals surface area contributed by atoms with Crippen LogP contribution in [0.25, 0.3) is 0 Å². The van der Waals surface area contributed by atoms with E-state index >= 15 is 0 Å². The number of amides is 1. The summed E-state index contributed by atoms with van der Waals surface area (Å²) in [5.74, 6) is 0.476. The highest BCUT2D eigenvalue weighted by molar-refractivity contribution is 5.78. The van der Waals surface area contributed by atoms with Gasteiger partial charge < -0.3 is 14.5 Å². The second-order valence-corrected chi connectivity index (χ2v) is 7.94. The molecule has 2 aromatic rings. The smallest absolute Gasteiger partial charge is 0.248 e. The van der Waals surface area contributed by atoms with Gasteiger partial charge in [-0.05, 0) is 30.5 Å². The summed E-state index contributed by atoms with van der Waals surface area (Å²) in [6.45, 7) is 2.94. The number of fused-ring (bicyclic) bond motifs is 1. The van der Waals surface area contributed by atoms with E-state index in [4.69, 9.17) is 4.74 Å². The first-order chi connectivity index (χ1) is 13.6. The van der Waals surface area contributed by atoms with Crippen molar-refractivity contribution in [2.24, 2.45) is 11.3 Å². The van der Waals surface area contributed by atoms with Crippen molar-refractivity contribution in [3.05, 3.63) is 60.0 Å². The number of hydrogen-bond acceptors (Lipinski definition) is 4. The zero-order chi connectivity index (χ0) is 19.6. The predicted molar refractivity (Wildman–Crippen MR) is 106 cm³/mol. The summed E-state index contributed by atoms with van der Waals surface area (Å²) in [7, 11) is 1.55. The van der Waals surface area contributed by atoms with Crippen LogP contribution < -0.4 is 4.90 Å². The average molecular weight is 383 g/mol. The Labute approximate surface area is 165 Å². The van der Waals surface area contributed by atoms with Crippen LogP contribution in [0.2, 0.25) is 0 Å². The number of anilines is 1. The van der Waals surface area contributed by atoms with Gasteiger partial charge in [0.2, 0.25) is 5.91 Å². The Morgan fingerprint density at radius 2 is 2.04 bits per heavy atom. The lowest BCUT2D eigenvalue weighted by molar-refractivity contribution is -0.134. The molecule has 2 atom stereocenters. The third-order valence-electron chi connectivity index (χ3n) is 6.17. The Hall–Kier alpha value is -2.47. The van der Waals surface area contributed by atoms with E-state index in [2.05, 4.69) is 34.1 Å². The summed E-state index contributed by atoms with van der Waals surface area (Å²) in [6.07, 6.45) is 3.54. The van der Waals surface area contributed by atoms with Gasteiger partial charge in [-0.25, -0.2) is 9.37 Å². The van der Waals surface area contributed by atoms with Gasteiger partial charge in [-0.15, -0.1) is 0 Å². The average Bonchev–Trinajstić information content (AvgIpc) is 3.22. The molecule has 2 unspecified atom stereocenters. The molecule has 0 radical (unpaired) electrons. The van der Waals surface area contributed by atoms with Crippen LogP contribution in [0.15, 0.2) is 48.7 Å². The Morgan fingerprint density at radius 3 is 2.79 bits per heavy atom. The van der Waals surface area contributed by atoms with Gasteiger partial charge in [-0.1, -0.05) is 30.3 Å². The van der Waals surface area contributed by atoms with Crippen LogP contribution in [0.4, 0.5) is 10.2 Å². The van der Waals surface area contributed by atoms with Gasteiger partial charge >= 0.3 is 0 Å². The van der Waals surface area contributed by atoms with E-state index in [1.165, 1.54) is 11.6 Å². The van der Waals surface area contributed by atoms with E-state index in [1.807, 2.05) is 11.0 Å². The minimum atomic E-state index is -0.284. The third kappa shape index (κ3) is 3.61. The molecule has 148 valence electrons. The van der Waals surface area contributed by atoms with Crippen LogP contribution in [0.3, 0.4) is 0 Å². The fourth-order valence-corrected chi connectivity index (χ4v) is 4.75. The van der Waals surface area contributed by atoms with E-state index in [1.54, 1.807) is 19.4 Å². The highest BCUT2D eigenvalue weighted by Gasteiger charge is 2.53. The molecule has 0 spiro atoms. The van der Waals surface area contributed by atoms with Crippen LogP contribution >= 0.6 is 0 Å². The molecule has 0 aliphatic carbocycles. The number of halogens is 1. The number of benzene rings is 1. The maximum absolute atomic E-state index is 14.3. The van der Waals surface area contributed by atoms with Gasteiger partial charge in [0.1, 0.15) is 6.61 Å². The number of carbonyl (C=O) groups is 1. The lowest BCUT2D eigenvalue weighted by Gasteiger charge is -2.30. The van der Waals surface area contributed by atoms with Crippen LogP contribution in [0.1, 0.15) is 12.0 Å². The molecule has 2 fully saturated rings. The standard InChI is InChI=1S/C22H26FN3O2/c1-28-14-20(27)25-12-18-13-26(21-19(23)8-5-11-24-21)16-22(18,15-25)10-9-17-6-3-2-4-7-17/h2-8,11,18H,9-10,12-16H2,1H3. The van der Waals surface area contributed by atoms with Gasteiger partial charge in [-0.3, -0.25) is 4.79 Å². The van der Waals surface area contributed by atoms with Crippen molar-refractivity contribution in [1.29, 1.82) is 0 Å². The molecule has 5 nitrogen and oxygen atoms in total. The molecule has 6 heteroatoms. The Kier molecular flexibility index (Phi) is 5.31. The topological polar surface area (TPSA) is 45.7 Å². The second-order valence-electron chi connectivity index (χ2n) is 7.94. The van der Waals surface area contributed by atoms with Crippen LogP contribution in [0.5, 0.6) is 0 Å². The minimum Gasteiger partial charge on any atom is -0.375 e. The number of methoxy groups -OCH3 is 1. The van der Waals surface area contributed by atoms with Crippen molar-refractivity contribution in [2.45, 2.75) is 12.8 Å². The quantitative estimate of drug-likeness (QED) is 0.770. The Balaban J connectivity index is 1.55. The highest BCUT2D eigenvalue weighted by atomic mass is 19.1. The predicted octanol–water partition coefficient (Wildman–Crippen LogP) is 2.76. The number of carbonyl (C=O) groups excluding carboxylic acids is 1. The first-order valence-electron chi connectivity index (χ1n) is 9.77. The molecule has 2 aliphatic heterocycles. The number of ether oxygens (including phenoxy) is 1. The number of hydrogen-bond donors (Lipinski definition) is 0. The van der Waals surface area contributed by atoms with Crippen molar-refractivity contribution >= 4 is 11.7 Å². The third-order valence-corrected chi connectivity index (χ3v) is 6.17. The number of rotatable bonds is 6. The lowest BCUT2D eigenvalue weighted by Crippen LogP contribution is -2.38. The Morgan fingerprint density at radius 1 is 1.21 bits per heavy atom. The van der Waals surface area contributed by atoms with E-state index in [9.17, 15) is 9.18 Å². The number of aryl methyl sites for hydroxylation is 1.